The number of piperazine rings is 1. The summed E-state index contributed by atoms with van der Waals surface area (Å²) in [6, 6.07) is 13.8. The molecule has 1 aromatic carbocycles. The van der Waals surface area contributed by atoms with Crippen LogP contribution in [0.15, 0.2) is 48.7 Å². The van der Waals surface area contributed by atoms with Gasteiger partial charge in [-0.3, -0.25) is 9.80 Å². The van der Waals surface area contributed by atoms with Crippen LogP contribution in [0.5, 0.6) is 0 Å². The van der Waals surface area contributed by atoms with E-state index in [0.29, 0.717) is 12.2 Å². The lowest BCUT2D eigenvalue weighted by molar-refractivity contribution is 0.128. The van der Waals surface area contributed by atoms with E-state index < -0.39 is 0 Å². The molecule has 0 atom stereocenters. The van der Waals surface area contributed by atoms with Crippen molar-refractivity contribution in [2.45, 2.75) is 6.54 Å². The van der Waals surface area contributed by atoms with E-state index >= 15 is 0 Å². The average molecular weight is 374 g/mol. The van der Waals surface area contributed by atoms with E-state index in [1.807, 2.05) is 6.07 Å². The molecule has 0 unspecified atom stereocenters. The maximum Gasteiger partial charge on any atom is 0.319 e. The number of carbonyl (C=O) groups is 1. The Kier molecular flexibility index (Phi) is 6.82. The van der Waals surface area contributed by atoms with Crippen molar-refractivity contribution in [1.82, 2.24) is 20.1 Å². The molecule has 1 aliphatic rings. The molecule has 0 radical (unpaired) electrons. The Morgan fingerprint density at radius 2 is 1.77 bits per heavy atom. The lowest BCUT2D eigenvalue weighted by Crippen LogP contribution is -2.48. The summed E-state index contributed by atoms with van der Waals surface area (Å²) >= 11 is 5.93. The second-order valence-corrected chi connectivity index (χ2v) is 6.68. The lowest BCUT2D eigenvalue weighted by Gasteiger charge is -2.34. The van der Waals surface area contributed by atoms with Gasteiger partial charge in [0.2, 0.25) is 0 Å². The Balaban J connectivity index is 1.32. The molecule has 2 amide bonds. The van der Waals surface area contributed by atoms with Gasteiger partial charge < -0.3 is 10.6 Å². The van der Waals surface area contributed by atoms with Gasteiger partial charge in [-0.2, -0.15) is 0 Å². The normalized spacial score (nSPS) is 15.6. The van der Waals surface area contributed by atoms with Crippen molar-refractivity contribution in [2.75, 3.05) is 44.6 Å². The molecule has 138 valence electrons. The van der Waals surface area contributed by atoms with Gasteiger partial charge in [-0.1, -0.05) is 41.9 Å². The van der Waals surface area contributed by atoms with Gasteiger partial charge in [-0.05, 0) is 17.7 Å². The van der Waals surface area contributed by atoms with E-state index in [1.165, 1.54) is 5.56 Å². The molecule has 1 saturated heterocycles. The quantitative estimate of drug-likeness (QED) is 0.764. The highest BCUT2D eigenvalue weighted by Crippen LogP contribution is 2.16. The molecule has 1 aliphatic heterocycles. The van der Waals surface area contributed by atoms with E-state index in [1.54, 1.807) is 18.3 Å². The van der Waals surface area contributed by atoms with Crippen LogP contribution in [0.4, 0.5) is 10.5 Å². The molecule has 0 spiro atoms. The van der Waals surface area contributed by atoms with E-state index in [0.717, 1.165) is 39.3 Å². The second-order valence-electron chi connectivity index (χ2n) is 6.33. The van der Waals surface area contributed by atoms with Gasteiger partial charge in [-0.15, -0.1) is 0 Å². The van der Waals surface area contributed by atoms with Crippen molar-refractivity contribution in [3.63, 3.8) is 0 Å². The molecule has 6 nitrogen and oxygen atoms in total. The summed E-state index contributed by atoms with van der Waals surface area (Å²) in [6.45, 7) is 6.57. The second kappa shape index (κ2) is 9.52. The molecule has 0 aliphatic carbocycles. The molecule has 0 bridgehead atoms. The van der Waals surface area contributed by atoms with Crippen molar-refractivity contribution in [3.05, 3.63) is 59.4 Å². The summed E-state index contributed by atoms with van der Waals surface area (Å²) in [4.78, 5) is 20.7. The molecule has 2 N–H and O–H groups in total. The van der Waals surface area contributed by atoms with Gasteiger partial charge in [0.25, 0.3) is 0 Å². The first-order valence-corrected chi connectivity index (χ1v) is 9.22. The third-order valence-corrected chi connectivity index (χ3v) is 4.74. The third-order valence-electron chi connectivity index (χ3n) is 4.43. The molecular formula is C19H24ClN5O. The Morgan fingerprint density at radius 1 is 1.04 bits per heavy atom. The fourth-order valence-corrected chi connectivity index (χ4v) is 3.15. The molecule has 7 heteroatoms. The summed E-state index contributed by atoms with van der Waals surface area (Å²) in [5, 5.41) is 5.87. The van der Waals surface area contributed by atoms with Crippen LogP contribution in [0, 0.1) is 0 Å². The monoisotopic (exact) mass is 373 g/mol. The van der Waals surface area contributed by atoms with Crippen LogP contribution in [0.3, 0.4) is 0 Å². The maximum atomic E-state index is 11.9. The number of nitrogens with one attached hydrogen (secondary N) is 2. The van der Waals surface area contributed by atoms with E-state index in [2.05, 4.69) is 49.7 Å². The number of hydrogen-bond donors (Lipinski definition) is 2. The topological polar surface area (TPSA) is 60.5 Å². The Bertz CT molecular complexity index is 704. The average Bonchev–Trinajstić information content (AvgIpc) is 2.66. The van der Waals surface area contributed by atoms with E-state index in [-0.39, 0.29) is 11.2 Å². The van der Waals surface area contributed by atoms with Gasteiger partial charge in [-0.25, -0.2) is 9.78 Å². The predicted octanol–water partition coefficient (Wildman–Crippen LogP) is 2.67. The number of benzene rings is 1. The Morgan fingerprint density at radius 3 is 2.50 bits per heavy atom. The Hall–Kier alpha value is -2.15. The number of hydrogen-bond acceptors (Lipinski definition) is 4. The third kappa shape index (κ3) is 5.69. The lowest BCUT2D eigenvalue weighted by atomic mass is 10.2. The SMILES string of the molecule is O=C(NCCN1CCN(Cc2ccccc2)CC1)Nc1cccnc1Cl. The number of aromatic nitrogens is 1. The van der Waals surface area contributed by atoms with Gasteiger partial charge in [0.05, 0.1) is 5.69 Å². The fraction of sp³-hybridized carbons (Fsp3) is 0.368. The summed E-state index contributed by atoms with van der Waals surface area (Å²) in [7, 11) is 0. The molecule has 26 heavy (non-hydrogen) atoms. The van der Waals surface area contributed by atoms with Crippen molar-refractivity contribution < 1.29 is 4.79 Å². The smallest absolute Gasteiger partial charge is 0.319 e. The van der Waals surface area contributed by atoms with Crippen molar-refractivity contribution >= 4 is 23.3 Å². The minimum absolute atomic E-state index is 0.261. The fourth-order valence-electron chi connectivity index (χ4n) is 2.99. The van der Waals surface area contributed by atoms with Crippen LogP contribution >= 0.6 is 11.6 Å². The Labute approximate surface area is 159 Å². The molecule has 2 heterocycles. The molecule has 3 rings (SSSR count). The number of anilines is 1. The van der Waals surface area contributed by atoms with Gasteiger partial charge in [0.1, 0.15) is 0 Å². The summed E-state index contributed by atoms with van der Waals surface area (Å²) in [5.74, 6) is 0. The highest BCUT2D eigenvalue weighted by molar-refractivity contribution is 6.32. The van der Waals surface area contributed by atoms with E-state index in [4.69, 9.17) is 11.6 Å². The minimum atomic E-state index is -0.261. The number of carbonyl (C=O) groups excluding carboxylic acids is 1. The molecule has 1 aromatic heterocycles. The van der Waals surface area contributed by atoms with Crippen LogP contribution in [0.25, 0.3) is 0 Å². The zero-order chi connectivity index (χ0) is 18.2. The molecule has 2 aromatic rings. The van der Waals surface area contributed by atoms with E-state index in [9.17, 15) is 4.79 Å². The first kappa shape index (κ1) is 18.6. The van der Waals surface area contributed by atoms with Crippen LogP contribution in [0.2, 0.25) is 5.15 Å². The van der Waals surface area contributed by atoms with Crippen LogP contribution in [-0.2, 0) is 6.54 Å². The summed E-state index contributed by atoms with van der Waals surface area (Å²) in [6.07, 6.45) is 1.59. The first-order valence-electron chi connectivity index (χ1n) is 8.85. The number of urea groups is 1. The van der Waals surface area contributed by atoms with Crippen LogP contribution in [0.1, 0.15) is 5.56 Å². The standard InChI is InChI=1S/C19H24ClN5O/c20-18-17(7-4-8-21-18)23-19(26)22-9-10-24-11-13-25(14-12-24)15-16-5-2-1-3-6-16/h1-8H,9-15H2,(H2,22,23,26). The zero-order valence-corrected chi connectivity index (χ0v) is 15.5. The number of halogens is 1. The van der Waals surface area contributed by atoms with Crippen molar-refractivity contribution in [1.29, 1.82) is 0 Å². The highest BCUT2D eigenvalue weighted by atomic mass is 35.5. The van der Waals surface area contributed by atoms with Gasteiger partial charge >= 0.3 is 6.03 Å². The number of rotatable bonds is 6. The number of pyridine rings is 1. The number of amides is 2. The summed E-state index contributed by atoms with van der Waals surface area (Å²) < 4.78 is 0. The molecule has 0 saturated carbocycles. The first-order chi connectivity index (χ1) is 12.7. The highest BCUT2D eigenvalue weighted by Gasteiger charge is 2.16. The van der Waals surface area contributed by atoms with Crippen molar-refractivity contribution in [3.8, 4) is 0 Å². The van der Waals surface area contributed by atoms with Gasteiger partial charge in [0.15, 0.2) is 5.15 Å². The van der Waals surface area contributed by atoms with Crippen LogP contribution < -0.4 is 10.6 Å². The van der Waals surface area contributed by atoms with Crippen LogP contribution in [-0.4, -0.2) is 60.1 Å². The predicted molar refractivity (Wildman–Crippen MR) is 104 cm³/mol. The molecule has 1 fully saturated rings. The maximum absolute atomic E-state index is 11.9. The molecular weight excluding hydrogens is 350 g/mol. The minimum Gasteiger partial charge on any atom is -0.337 e. The summed E-state index contributed by atoms with van der Waals surface area (Å²) in [5.41, 5.74) is 1.87. The van der Waals surface area contributed by atoms with Crippen molar-refractivity contribution in [2.24, 2.45) is 0 Å². The zero-order valence-electron chi connectivity index (χ0n) is 14.7. The van der Waals surface area contributed by atoms with Gasteiger partial charge in [0, 0.05) is 52.0 Å². The number of nitrogens with zero attached hydrogens (tertiary/aromatic N) is 3. The largest absolute Gasteiger partial charge is 0.337 e.